The number of carbonyl (C=O) groups is 1. The fourth-order valence-electron chi connectivity index (χ4n) is 3.95. The zero-order valence-corrected chi connectivity index (χ0v) is 13.0. The molecule has 1 saturated heterocycles. The van der Waals surface area contributed by atoms with Crippen LogP contribution >= 0.6 is 0 Å². The van der Waals surface area contributed by atoms with Gasteiger partial charge in [0.05, 0.1) is 0 Å². The highest BCUT2D eigenvalue weighted by Crippen LogP contribution is 2.37. The number of nitrogens with zero attached hydrogens (tertiary/aromatic N) is 1. The lowest BCUT2D eigenvalue weighted by Gasteiger charge is -2.44. The Bertz CT molecular complexity index is 479. The maximum Gasteiger partial charge on any atom is 0.240 e. The Kier molecular flexibility index (Phi) is 4.29. The Labute approximate surface area is 127 Å². The first-order valence-electron chi connectivity index (χ1n) is 8.31. The second kappa shape index (κ2) is 6.18. The number of piperazine rings is 1. The van der Waals surface area contributed by atoms with Gasteiger partial charge < -0.3 is 5.32 Å². The van der Waals surface area contributed by atoms with Gasteiger partial charge in [-0.1, -0.05) is 50.1 Å². The van der Waals surface area contributed by atoms with E-state index in [0.717, 1.165) is 38.9 Å². The molecule has 2 aliphatic rings. The van der Waals surface area contributed by atoms with E-state index in [0.29, 0.717) is 5.92 Å². The zero-order chi connectivity index (χ0) is 14.7. The molecule has 3 rings (SSSR count). The van der Waals surface area contributed by atoms with Crippen LogP contribution in [-0.2, 0) is 4.79 Å². The van der Waals surface area contributed by atoms with Gasteiger partial charge in [-0.15, -0.1) is 0 Å². The van der Waals surface area contributed by atoms with Crippen molar-refractivity contribution in [2.75, 3.05) is 19.6 Å². The highest BCUT2D eigenvalue weighted by atomic mass is 16.2. The number of hydrogen-bond acceptors (Lipinski definition) is 2. The quantitative estimate of drug-likeness (QED) is 0.923. The van der Waals surface area contributed by atoms with Crippen molar-refractivity contribution in [3.8, 4) is 0 Å². The Hall–Kier alpha value is -1.35. The third-order valence-electron chi connectivity index (χ3n) is 5.33. The van der Waals surface area contributed by atoms with Crippen LogP contribution in [0.3, 0.4) is 0 Å². The summed E-state index contributed by atoms with van der Waals surface area (Å²) >= 11 is 0. The van der Waals surface area contributed by atoms with Crippen LogP contribution in [0.4, 0.5) is 0 Å². The van der Waals surface area contributed by atoms with Gasteiger partial charge in [0, 0.05) is 13.1 Å². The SMILES string of the molecule is CC(CCN1CCNC(=O)C12CCCC2)c1ccccc1. The largest absolute Gasteiger partial charge is 0.353 e. The molecule has 1 aromatic carbocycles. The van der Waals surface area contributed by atoms with Crippen molar-refractivity contribution in [1.82, 2.24) is 10.2 Å². The molecule has 3 nitrogen and oxygen atoms in total. The lowest BCUT2D eigenvalue weighted by Crippen LogP contribution is -2.63. The van der Waals surface area contributed by atoms with Gasteiger partial charge in [0.25, 0.3) is 0 Å². The van der Waals surface area contributed by atoms with Gasteiger partial charge in [-0.3, -0.25) is 9.69 Å². The number of benzene rings is 1. The van der Waals surface area contributed by atoms with E-state index >= 15 is 0 Å². The van der Waals surface area contributed by atoms with E-state index in [1.807, 2.05) is 0 Å². The van der Waals surface area contributed by atoms with Gasteiger partial charge in [-0.2, -0.15) is 0 Å². The molecule has 0 aromatic heterocycles. The second-order valence-corrected chi connectivity index (χ2v) is 6.58. The van der Waals surface area contributed by atoms with E-state index in [4.69, 9.17) is 0 Å². The van der Waals surface area contributed by atoms with Crippen molar-refractivity contribution in [2.24, 2.45) is 0 Å². The number of hydrogen-bond donors (Lipinski definition) is 1. The molecule has 21 heavy (non-hydrogen) atoms. The van der Waals surface area contributed by atoms with E-state index in [1.54, 1.807) is 0 Å². The molecule has 2 fully saturated rings. The maximum absolute atomic E-state index is 12.4. The second-order valence-electron chi connectivity index (χ2n) is 6.58. The molecule has 1 spiro atoms. The fourth-order valence-corrected chi connectivity index (χ4v) is 3.95. The van der Waals surface area contributed by atoms with E-state index < -0.39 is 0 Å². The van der Waals surface area contributed by atoms with Gasteiger partial charge in [0.2, 0.25) is 5.91 Å². The van der Waals surface area contributed by atoms with Gasteiger partial charge in [0.15, 0.2) is 0 Å². The average molecular weight is 286 g/mol. The summed E-state index contributed by atoms with van der Waals surface area (Å²) in [6, 6.07) is 10.7. The Morgan fingerprint density at radius 3 is 2.67 bits per heavy atom. The van der Waals surface area contributed by atoms with Crippen LogP contribution in [0.25, 0.3) is 0 Å². The van der Waals surface area contributed by atoms with Crippen LogP contribution < -0.4 is 5.32 Å². The number of nitrogens with one attached hydrogen (secondary N) is 1. The molecule has 1 aliphatic carbocycles. The third-order valence-corrected chi connectivity index (χ3v) is 5.33. The van der Waals surface area contributed by atoms with Crippen LogP contribution in [-0.4, -0.2) is 36.0 Å². The molecule has 1 aromatic rings. The number of amides is 1. The zero-order valence-electron chi connectivity index (χ0n) is 13.0. The molecule has 114 valence electrons. The van der Waals surface area contributed by atoms with Crippen molar-refractivity contribution < 1.29 is 4.79 Å². The summed E-state index contributed by atoms with van der Waals surface area (Å²) in [5.41, 5.74) is 1.22. The molecule has 1 N–H and O–H groups in total. The summed E-state index contributed by atoms with van der Waals surface area (Å²) < 4.78 is 0. The van der Waals surface area contributed by atoms with Crippen LogP contribution in [0.1, 0.15) is 50.5 Å². The number of rotatable bonds is 4. The third kappa shape index (κ3) is 2.84. The molecule has 1 unspecified atom stereocenters. The lowest BCUT2D eigenvalue weighted by molar-refractivity contribution is -0.137. The predicted molar refractivity (Wildman–Crippen MR) is 85.3 cm³/mol. The summed E-state index contributed by atoms with van der Waals surface area (Å²) in [4.78, 5) is 14.9. The summed E-state index contributed by atoms with van der Waals surface area (Å²) in [6.07, 6.45) is 5.59. The first-order chi connectivity index (χ1) is 10.2. The van der Waals surface area contributed by atoms with Crippen molar-refractivity contribution in [3.63, 3.8) is 0 Å². The fraction of sp³-hybridized carbons (Fsp3) is 0.611. The Morgan fingerprint density at radius 2 is 1.95 bits per heavy atom. The van der Waals surface area contributed by atoms with Crippen LogP contribution in [0.2, 0.25) is 0 Å². The lowest BCUT2D eigenvalue weighted by atomic mass is 9.90. The highest BCUT2D eigenvalue weighted by molar-refractivity contribution is 5.87. The summed E-state index contributed by atoms with van der Waals surface area (Å²) in [5.74, 6) is 0.827. The first-order valence-corrected chi connectivity index (χ1v) is 8.31. The van der Waals surface area contributed by atoms with E-state index in [-0.39, 0.29) is 11.4 Å². The highest BCUT2D eigenvalue weighted by Gasteiger charge is 2.47. The topological polar surface area (TPSA) is 32.3 Å². The molecule has 3 heteroatoms. The smallest absolute Gasteiger partial charge is 0.240 e. The normalized spacial score (nSPS) is 23.2. The maximum atomic E-state index is 12.4. The van der Waals surface area contributed by atoms with Crippen molar-refractivity contribution >= 4 is 5.91 Å². The van der Waals surface area contributed by atoms with E-state index in [1.165, 1.54) is 18.4 Å². The molecular weight excluding hydrogens is 260 g/mol. The summed E-state index contributed by atoms with van der Waals surface area (Å²) in [7, 11) is 0. The van der Waals surface area contributed by atoms with Crippen LogP contribution in [0.5, 0.6) is 0 Å². The van der Waals surface area contributed by atoms with Crippen molar-refractivity contribution in [3.05, 3.63) is 35.9 Å². The Morgan fingerprint density at radius 1 is 1.24 bits per heavy atom. The molecule has 0 radical (unpaired) electrons. The molecule has 1 saturated carbocycles. The molecule has 1 atom stereocenters. The monoisotopic (exact) mass is 286 g/mol. The minimum absolute atomic E-state index is 0.186. The molecule has 0 bridgehead atoms. The molecule has 1 aliphatic heterocycles. The predicted octanol–water partition coefficient (Wildman–Crippen LogP) is 2.92. The van der Waals surface area contributed by atoms with Gasteiger partial charge in [0.1, 0.15) is 5.54 Å². The minimum atomic E-state index is -0.186. The molecule has 1 heterocycles. The van der Waals surface area contributed by atoms with Gasteiger partial charge >= 0.3 is 0 Å². The minimum Gasteiger partial charge on any atom is -0.353 e. The van der Waals surface area contributed by atoms with E-state index in [9.17, 15) is 4.79 Å². The molecule has 1 amide bonds. The summed E-state index contributed by atoms with van der Waals surface area (Å²) in [6.45, 7) is 5.14. The summed E-state index contributed by atoms with van der Waals surface area (Å²) in [5, 5.41) is 3.08. The van der Waals surface area contributed by atoms with Crippen LogP contribution in [0, 0.1) is 0 Å². The van der Waals surface area contributed by atoms with Crippen LogP contribution in [0.15, 0.2) is 30.3 Å². The first kappa shape index (κ1) is 14.6. The average Bonchev–Trinajstić information content (AvgIpc) is 3.00. The number of carbonyl (C=O) groups excluding carboxylic acids is 1. The van der Waals surface area contributed by atoms with Gasteiger partial charge in [-0.25, -0.2) is 0 Å². The Balaban J connectivity index is 1.65. The van der Waals surface area contributed by atoms with E-state index in [2.05, 4.69) is 47.5 Å². The molecular formula is C18H26N2O. The van der Waals surface area contributed by atoms with Crippen molar-refractivity contribution in [2.45, 2.75) is 50.5 Å². The standard InChI is InChI=1S/C18H26N2O/c1-15(16-7-3-2-4-8-16)9-13-20-14-12-19-17(21)18(20)10-5-6-11-18/h2-4,7-8,15H,5-6,9-14H2,1H3,(H,19,21). The van der Waals surface area contributed by atoms with Crippen molar-refractivity contribution in [1.29, 1.82) is 0 Å². The van der Waals surface area contributed by atoms with Gasteiger partial charge in [-0.05, 0) is 37.3 Å².